The maximum atomic E-state index is 12.3. The van der Waals surface area contributed by atoms with Crippen LogP contribution < -0.4 is 14.8 Å². The smallest absolute Gasteiger partial charge is 0.258 e. The van der Waals surface area contributed by atoms with E-state index in [2.05, 4.69) is 28.2 Å². The van der Waals surface area contributed by atoms with Crippen LogP contribution in [-0.4, -0.2) is 19.6 Å². The lowest BCUT2D eigenvalue weighted by Gasteiger charge is -2.19. The van der Waals surface area contributed by atoms with Gasteiger partial charge >= 0.3 is 0 Å². The maximum absolute atomic E-state index is 12.3. The van der Waals surface area contributed by atoms with Gasteiger partial charge in [-0.15, -0.1) is 0 Å². The third kappa shape index (κ3) is 5.24. The molecule has 1 N–H and O–H groups in total. The highest BCUT2D eigenvalue weighted by atomic mass is 79.9. The van der Waals surface area contributed by atoms with Crippen molar-refractivity contribution in [2.24, 2.45) is 0 Å². The van der Waals surface area contributed by atoms with Crippen molar-refractivity contribution in [2.45, 2.75) is 39.7 Å². The SMILES string of the molecule is CCc1ccc(OCC(=O)N[C@H](CC)c2ccc(OC)c(C)c2)c(Br)c1. The van der Waals surface area contributed by atoms with Crippen molar-refractivity contribution in [3.8, 4) is 11.5 Å². The number of aryl methyl sites for hydroxylation is 2. The second-order valence-electron chi connectivity index (χ2n) is 6.16. The average molecular weight is 420 g/mol. The molecule has 0 aliphatic carbocycles. The van der Waals surface area contributed by atoms with Gasteiger partial charge in [0.1, 0.15) is 11.5 Å². The standard InChI is InChI=1S/C21H26BrNO3/c1-5-15-7-9-20(17(22)12-15)26-13-21(24)23-18(6-2)16-8-10-19(25-4)14(3)11-16/h7-12,18H,5-6,13H2,1-4H3,(H,23,24)/t18-/m1/s1. The van der Waals surface area contributed by atoms with Gasteiger partial charge in [0, 0.05) is 0 Å². The van der Waals surface area contributed by atoms with Crippen molar-refractivity contribution in [3.05, 3.63) is 57.6 Å². The molecular weight excluding hydrogens is 394 g/mol. The van der Waals surface area contributed by atoms with Crippen LogP contribution in [0.25, 0.3) is 0 Å². The predicted molar refractivity (Wildman–Crippen MR) is 108 cm³/mol. The number of nitrogens with one attached hydrogen (secondary N) is 1. The van der Waals surface area contributed by atoms with Crippen molar-refractivity contribution >= 4 is 21.8 Å². The number of methoxy groups -OCH3 is 1. The van der Waals surface area contributed by atoms with E-state index >= 15 is 0 Å². The maximum Gasteiger partial charge on any atom is 0.258 e. The first-order valence-electron chi connectivity index (χ1n) is 8.83. The van der Waals surface area contributed by atoms with Crippen LogP contribution >= 0.6 is 15.9 Å². The van der Waals surface area contributed by atoms with E-state index in [1.54, 1.807) is 7.11 Å². The number of rotatable bonds is 8. The summed E-state index contributed by atoms with van der Waals surface area (Å²) in [5.41, 5.74) is 3.33. The molecule has 0 saturated heterocycles. The molecule has 26 heavy (non-hydrogen) atoms. The highest BCUT2D eigenvalue weighted by Crippen LogP contribution is 2.27. The molecule has 2 rings (SSSR count). The molecule has 0 saturated carbocycles. The molecule has 0 aliphatic heterocycles. The van der Waals surface area contributed by atoms with Gasteiger partial charge in [0.25, 0.3) is 5.91 Å². The molecule has 1 amide bonds. The first-order valence-corrected chi connectivity index (χ1v) is 9.62. The summed E-state index contributed by atoms with van der Waals surface area (Å²) in [5.74, 6) is 1.38. The van der Waals surface area contributed by atoms with E-state index in [9.17, 15) is 4.79 Å². The Labute approximate surface area is 164 Å². The number of ether oxygens (including phenoxy) is 2. The third-order valence-electron chi connectivity index (χ3n) is 4.33. The molecule has 0 aliphatic rings. The van der Waals surface area contributed by atoms with Crippen LogP contribution in [0, 0.1) is 6.92 Å². The molecule has 140 valence electrons. The number of hydrogen-bond acceptors (Lipinski definition) is 3. The lowest BCUT2D eigenvalue weighted by Crippen LogP contribution is -2.32. The number of carbonyl (C=O) groups excluding carboxylic acids is 1. The van der Waals surface area contributed by atoms with Crippen molar-refractivity contribution < 1.29 is 14.3 Å². The van der Waals surface area contributed by atoms with Crippen molar-refractivity contribution in [2.75, 3.05) is 13.7 Å². The summed E-state index contributed by atoms with van der Waals surface area (Å²) in [6.45, 7) is 6.13. The fourth-order valence-corrected chi connectivity index (χ4v) is 3.34. The van der Waals surface area contributed by atoms with Crippen molar-refractivity contribution in [3.63, 3.8) is 0 Å². The van der Waals surface area contributed by atoms with Crippen LogP contribution in [0.2, 0.25) is 0 Å². The Balaban J connectivity index is 1.98. The van der Waals surface area contributed by atoms with Crippen LogP contribution in [-0.2, 0) is 11.2 Å². The molecule has 0 spiro atoms. The molecule has 0 bridgehead atoms. The predicted octanol–water partition coefficient (Wildman–Crippen LogP) is 4.97. The third-order valence-corrected chi connectivity index (χ3v) is 4.95. The summed E-state index contributed by atoms with van der Waals surface area (Å²) in [5, 5.41) is 3.04. The largest absolute Gasteiger partial charge is 0.496 e. The number of amides is 1. The molecule has 0 radical (unpaired) electrons. The molecule has 0 fully saturated rings. The van der Waals surface area contributed by atoms with Crippen LogP contribution in [0.3, 0.4) is 0 Å². The number of halogens is 1. The summed E-state index contributed by atoms with van der Waals surface area (Å²) in [7, 11) is 1.66. The molecule has 1 atom stereocenters. The molecule has 2 aromatic carbocycles. The van der Waals surface area contributed by atoms with Gasteiger partial charge in [-0.2, -0.15) is 0 Å². The Kier molecular flexibility index (Phi) is 7.51. The van der Waals surface area contributed by atoms with Gasteiger partial charge in [0.15, 0.2) is 6.61 Å². The van der Waals surface area contributed by atoms with Gasteiger partial charge in [-0.3, -0.25) is 4.79 Å². The number of benzene rings is 2. The van der Waals surface area contributed by atoms with Gasteiger partial charge in [-0.1, -0.05) is 32.0 Å². The first-order chi connectivity index (χ1) is 12.5. The Bertz CT molecular complexity index is 761. The fourth-order valence-electron chi connectivity index (χ4n) is 2.80. The lowest BCUT2D eigenvalue weighted by molar-refractivity contribution is -0.123. The summed E-state index contributed by atoms with van der Waals surface area (Å²) in [4.78, 5) is 12.3. The molecule has 0 aromatic heterocycles. The van der Waals surface area contributed by atoms with Gasteiger partial charge < -0.3 is 14.8 Å². The normalized spacial score (nSPS) is 11.7. The van der Waals surface area contributed by atoms with Gasteiger partial charge in [0.2, 0.25) is 0 Å². The van der Waals surface area contributed by atoms with E-state index in [-0.39, 0.29) is 18.6 Å². The minimum Gasteiger partial charge on any atom is -0.496 e. The Hall–Kier alpha value is -2.01. The molecule has 0 unspecified atom stereocenters. The van der Waals surface area contributed by atoms with Crippen LogP contribution in [0.4, 0.5) is 0 Å². The number of carbonyl (C=O) groups is 1. The monoisotopic (exact) mass is 419 g/mol. The highest BCUT2D eigenvalue weighted by Gasteiger charge is 2.15. The number of hydrogen-bond donors (Lipinski definition) is 1. The second kappa shape index (κ2) is 9.62. The zero-order valence-corrected chi connectivity index (χ0v) is 17.4. The topological polar surface area (TPSA) is 47.6 Å². The Morgan fingerprint density at radius 1 is 1.15 bits per heavy atom. The summed E-state index contributed by atoms with van der Waals surface area (Å²) < 4.78 is 11.8. The lowest BCUT2D eigenvalue weighted by atomic mass is 10.0. The summed E-state index contributed by atoms with van der Waals surface area (Å²) in [6, 6.07) is 11.8. The fraction of sp³-hybridized carbons (Fsp3) is 0.381. The quantitative estimate of drug-likeness (QED) is 0.656. The van der Waals surface area contributed by atoms with Crippen LogP contribution in [0.1, 0.15) is 43.0 Å². The van der Waals surface area contributed by atoms with E-state index in [0.29, 0.717) is 5.75 Å². The van der Waals surface area contributed by atoms with Gasteiger partial charge in [-0.25, -0.2) is 0 Å². The minimum absolute atomic E-state index is 0.0181. The zero-order valence-electron chi connectivity index (χ0n) is 15.8. The van der Waals surface area contributed by atoms with E-state index < -0.39 is 0 Å². The van der Waals surface area contributed by atoms with Gasteiger partial charge in [-0.05, 0) is 70.6 Å². The Morgan fingerprint density at radius 2 is 1.88 bits per heavy atom. The summed E-state index contributed by atoms with van der Waals surface area (Å²) in [6.07, 6.45) is 1.76. The van der Waals surface area contributed by atoms with Gasteiger partial charge in [0.05, 0.1) is 17.6 Å². The first kappa shape index (κ1) is 20.3. The van der Waals surface area contributed by atoms with E-state index in [4.69, 9.17) is 9.47 Å². The average Bonchev–Trinajstić information content (AvgIpc) is 2.64. The second-order valence-corrected chi connectivity index (χ2v) is 7.02. The summed E-state index contributed by atoms with van der Waals surface area (Å²) >= 11 is 3.49. The minimum atomic E-state index is -0.142. The molecule has 0 heterocycles. The molecule has 5 heteroatoms. The Morgan fingerprint density at radius 3 is 2.46 bits per heavy atom. The zero-order chi connectivity index (χ0) is 19.1. The van der Waals surface area contributed by atoms with E-state index in [1.807, 2.05) is 50.2 Å². The molecule has 4 nitrogen and oxygen atoms in total. The van der Waals surface area contributed by atoms with Crippen LogP contribution in [0.15, 0.2) is 40.9 Å². The van der Waals surface area contributed by atoms with Crippen molar-refractivity contribution in [1.82, 2.24) is 5.32 Å². The van der Waals surface area contributed by atoms with Crippen molar-refractivity contribution in [1.29, 1.82) is 0 Å². The highest BCUT2D eigenvalue weighted by molar-refractivity contribution is 9.10. The van der Waals surface area contributed by atoms with E-state index in [1.165, 1.54) is 5.56 Å². The molecular formula is C21H26BrNO3. The van der Waals surface area contributed by atoms with Crippen LogP contribution in [0.5, 0.6) is 11.5 Å². The van der Waals surface area contributed by atoms with E-state index in [0.717, 1.165) is 34.2 Å². The molecule has 2 aromatic rings.